The van der Waals surface area contributed by atoms with Crippen LogP contribution in [0.1, 0.15) is 18.2 Å². The van der Waals surface area contributed by atoms with Gasteiger partial charge in [-0.15, -0.1) is 11.6 Å². The maximum Gasteiger partial charge on any atom is 0.128 e. The molecule has 1 aromatic heterocycles. The van der Waals surface area contributed by atoms with Crippen molar-refractivity contribution in [3.8, 4) is 0 Å². The summed E-state index contributed by atoms with van der Waals surface area (Å²) in [5.74, 6) is 0.988. The molecule has 0 fully saturated rings. The van der Waals surface area contributed by atoms with Crippen molar-refractivity contribution in [2.75, 3.05) is 5.73 Å². The van der Waals surface area contributed by atoms with Crippen molar-refractivity contribution in [2.24, 2.45) is 0 Å². The van der Waals surface area contributed by atoms with E-state index in [1.807, 2.05) is 19.1 Å². The topological polar surface area (TPSA) is 38.9 Å². The minimum absolute atomic E-state index is 0.433. The van der Waals surface area contributed by atoms with Crippen LogP contribution in [0.2, 0.25) is 0 Å². The molecule has 0 saturated heterocycles. The van der Waals surface area contributed by atoms with Crippen LogP contribution in [0, 0.1) is 0 Å². The zero-order chi connectivity index (χ0) is 8.27. The fourth-order valence-corrected chi connectivity index (χ4v) is 1.08. The zero-order valence-corrected chi connectivity index (χ0v) is 7.23. The molecule has 0 atom stereocenters. The molecule has 0 amide bonds. The second-order valence-corrected chi connectivity index (χ2v) is 2.60. The van der Waals surface area contributed by atoms with Gasteiger partial charge in [0, 0.05) is 11.3 Å². The second kappa shape index (κ2) is 3.58. The van der Waals surface area contributed by atoms with Crippen LogP contribution in [0.4, 0.5) is 5.82 Å². The highest BCUT2D eigenvalue weighted by atomic mass is 35.5. The maximum atomic E-state index is 5.61. The molecule has 0 saturated carbocycles. The highest BCUT2D eigenvalue weighted by Crippen LogP contribution is 2.12. The van der Waals surface area contributed by atoms with E-state index in [1.54, 1.807) is 0 Å². The minimum Gasteiger partial charge on any atom is -0.383 e. The van der Waals surface area contributed by atoms with Gasteiger partial charge in [0.2, 0.25) is 0 Å². The predicted molar refractivity (Wildman–Crippen MR) is 47.6 cm³/mol. The van der Waals surface area contributed by atoms with Crippen LogP contribution in [0.3, 0.4) is 0 Å². The molecule has 0 aliphatic rings. The molecule has 0 aliphatic heterocycles. The zero-order valence-electron chi connectivity index (χ0n) is 6.47. The summed E-state index contributed by atoms with van der Waals surface area (Å²) in [5.41, 5.74) is 7.53. The van der Waals surface area contributed by atoms with Crippen molar-refractivity contribution in [2.45, 2.75) is 19.2 Å². The molecule has 3 heteroatoms. The summed E-state index contributed by atoms with van der Waals surface area (Å²) >= 11 is 5.61. The van der Waals surface area contributed by atoms with Crippen molar-refractivity contribution in [3.63, 3.8) is 0 Å². The van der Waals surface area contributed by atoms with Crippen molar-refractivity contribution >= 4 is 17.4 Å². The molecular formula is C8H11ClN2. The summed E-state index contributed by atoms with van der Waals surface area (Å²) in [7, 11) is 0. The lowest BCUT2D eigenvalue weighted by Gasteiger charge is -2.01. The number of hydrogen-bond donors (Lipinski definition) is 1. The third-order valence-electron chi connectivity index (χ3n) is 1.58. The van der Waals surface area contributed by atoms with Crippen molar-refractivity contribution < 1.29 is 0 Å². The van der Waals surface area contributed by atoms with Gasteiger partial charge >= 0.3 is 0 Å². The van der Waals surface area contributed by atoms with E-state index in [2.05, 4.69) is 4.98 Å². The van der Waals surface area contributed by atoms with E-state index in [9.17, 15) is 0 Å². The van der Waals surface area contributed by atoms with Crippen LogP contribution in [0.15, 0.2) is 12.1 Å². The molecule has 2 nitrogen and oxygen atoms in total. The molecule has 0 aliphatic carbocycles. The van der Waals surface area contributed by atoms with Crippen molar-refractivity contribution in [3.05, 3.63) is 23.4 Å². The number of aryl methyl sites for hydroxylation is 1. The van der Waals surface area contributed by atoms with E-state index in [-0.39, 0.29) is 0 Å². The Kier molecular flexibility index (Phi) is 2.71. The number of rotatable bonds is 2. The molecule has 0 radical (unpaired) electrons. The normalized spacial score (nSPS) is 10.0. The predicted octanol–water partition coefficient (Wildman–Crippen LogP) is 1.96. The molecule has 0 bridgehead atoms. The Morgan fingerprint density at radius 2 is 2.27 bits per heavy atom. The molecule has 0 spiro atoms. The Morgan fingerprint density at radius 1 is 1.55 bits per heavy atom. The molecule has 11 heavy (non-hydrogen) atoms. The average Bonchev–Trinajstić information content (AvgIpc) is 2.04. The standard InChI is InChI=1S/C8H11ClN2/c1-2-7-4-3-6(5-9)8(10)11-7/h3-4H,2,5H2,1H3,(H2,10,11). The van der Waals surface area contributed by atoms with Gasteiger partial charge in [-0.05, 0) is 12.5 Å². The van der Waals surface area contributed by atoms with E-state index >= 15 is 0 Å². The number of aromatic nitrogens is 1. The number of hydrogen-bond acceptors (Lipinski definition) is 2. The van der Waals surface area contributed by atoms with Gasteiger partial charge in [-0.25, -0.2) is 4.98 Å². The van der Waals surface area contributed by atoms with Crippen LogP contribution in [0.25, 0.3) is 0 Å². The van der Waals surface area contributed by atoms with E-state index in [0.717, 1.165) is 17.7 Å². The van der Waals surface area contributed by atoms with E-state index < -0.39 is 0 Å². The highest BCUT2D eigenvalue weighted by Gasteiger charge is 1.98. The van der Waals surface area contributed by atoms with Gasteiger partial charge in [-0.3, -0.25) is 0 Å². The number of nitrogens with zero attached hydrogens (tertiary/aromatic N) is 1. The lowest BCUT2D eigenvalue weighted by molar-refractivity contribution is 1.03. The number of alkyl halides is 1. The fourth-order valence-electron chi connectivity index (χ4n) is 0.856. The summed E-state index contributed by atoms with van der Waals surface area (Å²) < 4.78 is 0. The minimum atomic E-state index is 0.433. The summed E-state index contributed by atoms with van der Waals surface area (Å²) in [6.45, 7) is 2.04. The third-order valence-corrected chi connectivity index (χ3v) is 1.86. The van der Waals surface area contributed by atoms with Gasteiger partial charge in [0.1, 0.15) is 5.82 Å². The van der Waals surface area contributed by atoms with Crippen LogP contribution in [0.5, 0.6) is 0 Å². The van der Waals surface area contributed by atoms with Crippen LogP contribution < -0.4 is 5.73 Å². The summed E-state index contributed by atoms with van der Waals surface area (Å²) in [6, 6.07) is 3.88. The third kappa shape index (κ3) is 1.84. The highest BCUT2D eigenvalue weighted by molar-refractivity contribution is 6.17. The first kappa shape index (κ1) is 8.34. The molecule has 2 N–H and O–H groups in total. The number of pyridine rings is 1. The summed E-state index contributed by atoms with van der Waals surface area (Å²) in [5, 5.41) is 0. The van der Waals surface area contributed by atoms with Crippen molar-refractivity contribution in [1.29, 1.82) is 0 Å². The Bertz CT molecular complexity index is 248. The number of halogens is 1. The average molecular weight is 171 g/mol. The Balaban J connectivity index is 2.99. The van der Waals surface area contributed by atoms with E-state index in [1.165, 1.54) is 0 Å². The van der Waals surface area contributed by atoms with Crippen molar-refractivity contribution in [1.82, 2.24) is 4.98 Å². The van der Waals surface area contributed by atoms with Gasteiger partial charge in [-0.2, -0.15) is 0 Å². The molecule has 60 valence electrons. The number of nitrogens with two attached hydrogens (primary N) is 1. The molecule has 1 aromatic rings. The number of nitrogen functional groups attached to an aromatic ring is 1. The van der Waals surface area contributed by atoms with E-state index in [0.29, 0.717) is 11.7 Å². The maximum absolute atomic E-state index is 5.61. The van der Waals surface area contributed by atoms with Gasteiger partial charge in [0.25, 0.3) is 0 Å². The van der Waals surface area contributed by atoms with Gasteiger partial charge in [0.05, 0.1) is 5.88 Å². The smallest absolute Gasteiger partial charge is 0.128 e. The fraction of sp³-hybridized carbons (Fsp3) is 0.375. The molecule has 0 unspecified atom stereocenters. The van der Waals surface area contributed by atoms with Crippen LogP contribution in [-0.2, 0) is 12.3 Å². The second-order valence-electron chi connectivity index (χ2n) is 2.33. The monoisotopic (exact) mass is 170 g/mol. The van der Waals surface area contributed by atoms with Gasteiger partial charge in [0.15, 0.2) is 0 Å². The van der Waals surface area contributed by atoms with Crippen LogP contribution >= 0.6 is 11.6 Å². The lowest BCUT2D eigenvalue weighted by atomic mass is 10.2. The SMILES string of the molecule is CCc1ccc(CCl)c(N)n1. The van der Waals surface area contributed by atoms with E-state index in [4.69, 9.17) is 17.3 Å². The molecule has 1 heterocycles. The molecular weight excluding hydrogens is 160 g/mol. The summed E-state index contributed by atoms with van der Waals surface area (Å²) in [4.78, 5) is 4.16. The Labute approximate surface area is 71.4 Å². The largest absolute Gasteiger partial charge is 0.383 e. The quantitative estimate of drug-likeness (QED) is 0.690. The first-order valence-electron chi connectivity index (χ1n) is 3.58. The Morgan fingerprint density at radius 3 is 2.73 bits per heavy atom. The molecule has 0 aromatic carbocycles. The lowest BCUT2D eigenvalue weighted by Crippen LogP contribution is -1.98. The first-order chi connectivity index (χ1) is 5.27. The Hall–Kier alpha value is -0.760. The summed E-state index contributed by atoms with van der Waals surface area (Å²) in [6.07, 6.45) is 0.909. The number of anilines is 1. The van der Waals surface area contributed by atoms with Gasteiger partial charge < -0.3 is 5.73 Å². The van der Waals surface area contributed by atoms with Crippen LogP contribution in [-0.4, -0.2) is 4.98 Å². The van der Waals surface area contributed by atoms with Gasteiger partial charge in [-0.1, -0.05) is 13.0 Å². The first-order valence-corrected chi connectivity index (χ1v) is 4.11. The molecule has 1 rings (SSSR count).